The van der Waals surface area contributed by atoms with E-state index in [1.165, 1.54) is 18.2 Å². The number of hydrogen-bond donors (Lipinski definition) is 2. The Morgan fingerprint density at radius 1 is 0.875 bits per heavy atom. The number of fused-ring (bicyclic) bond motifs is 3. The smallest absolute Gasteiger partial charge is 0.350 e. The second-order valence-corrected chi connectivity index (χ2v) is 8.27. The summed E-state index contributed by atoms with van der Waals surface area (Å²) in [6.45, 7) is 1.58. The Kier molecular flexibility index (Phi) is 4.84. The summed E-state index contributed by atoms with van der Waals surface area (Å²) in [5.41, 5.74) is -2.65. The second kappa shape index (κ2) is 7.36. The molecule has 1 aliphatic carbocycles. The van der Waals surface area contributed by atoms with Crippen LogP contribution < -0.4 is 10.6 Å². The van der Waals surface area contributed by atoms with E-state index in [0.717, 1.165) is 44.1 Å². The van der Waals surface area contributed by atoms with Crippen molar-refractivity contribution < 1.29 is 26.3 Å². The molecular formula is C21H19F6N5. The van der Waals surface area contributed by atoms with Gasteiger partial charge in [0.15, 0.2) is 5.65 Å². The predicted molar refractivity (Wildman–Crippen MR) is 105 cm³/mol. The largest absolute Gasteiger partial charge is 0.433 e. The summed E-state index contributed by atoms with van der Waals surface area (Å²) >= 11 is 0. The zero-order valence-corrected chi connectivity index (χ0v) is 16.6. The molecule has 1 saturated carbocycles. The molecule has 2 aliphatic rings. The van der Waals surface area contributed by atoms with Gasteiger partial charge in [0.25, 0.3) is 0 Å². The molecule has 0 radical (unpaired) electrons. The maximum absolute atomic E-state index is 13.6. The molecule has 1 unspecified atom stereocenters. The van der Waals surface area contributed by atoms with E-state index in [-0.39, 0.29) is 28.8 Å². The highest BCUT2D eigenvalue weighted by Gasteiger charge is 2.40. The van der Waals surface area contributed by atoms with Gasteiger partial charge in [0.05, 0.1) is 5.56 Å². The molecule has 5 rings (SSSR count). The average molecular weight is 455 g/mol. The third-order valence-electron chi connectivity index (χ3n) is 6.33. The molecule has 0 amide bonds. The molecule has 2 N–H and O–H groups in total. The first-order valence-electron chi connectivity index (χ1n) is 10.2. The van der Waals surface area contributed by atoms with Crippen molar-refractivity contribution in [3.8, 4) is 11.1 Å². The number of halogens is 6. The van der Waals surface area contributed by atoms with Crippen molar-refractivity contribution in [2.24, 2.45) is 11.8 Å². The Hall–Kier alpha value is -2.82. The number of nitrogens with zero attached hydrogens (tertiary/aromatic N) is 3. The van der Waals surface area contributed by atoms with Crippen molar-refractivity contribution in [3.63, 3.8) is 0 Å². The summed E-state index contributed by atoms with van der Waals surface area (Å²) in [6, 6.07) is 6.52. The maximum Gasteiger partial charge on any atom is 0.433 e. The number of rotatable bonds is 3. The summed E-state index contributed by atoms with van der Waals surface area (Å²) in [5, 5.41) is 10.5. The van der Waals surface area contributed by atoms with Crippen LogP contribution in [0, 0.1) is 11.8 Å². The van der Waals surface area contributed by atoms with E-state index in [1.807, 2.05) is 0 Å². The average Bonchev–Trinajstić information content (AvgIpc) is 3.22. The summed E-state index contributed by atoms with van der Waals surface area (Å²) < 4.78 is 82.2. The first-order valence-corrected chi connectivity index (χ1v) is 10.2. The van der Waals surface area contributed by atoms with Gasteiger partial charge < -0.3 is 10.6 Å². The highest BCUT2D eigenvalue weighted by Crippen LogP contribution is 2.40. The molecule has 2 fully saturated rings. The van der Waals surface area contributed by atoms with E-state index in [2.05, 4.69) is 20.7 Å². The minimum Gasteiger partial charge on any atom is -0.350 e. The zero-order valence-electron chi connectivity index (χ0n) is 16.6. The molecule has 2 bridgehead atoms. The number of nitrogens with one attached hydrogen (secondary N) is 2. The van der Waals surface area contributed by atoms with Crippen LogP contribution in [0.15, 0.2) is 36.4 Å². The van der Waals surface area contributed by atoms with Gasteiger partial charge in [-0.15, -0.1) is 5.10 Å². The Labute approximate surface area is 178 Å². The quantitative estimate of drug-likeness (QED) is 0.555. The van der Waals surface area contributed by atoms with Gasteiger partial charge in [-0.25, -0.2) is 4.52 Å². The molecule has 3 atom stereocenters. The number of piperidine rings is 1. The molecule has 5 nitrogen and oxygen atoms in total. The van der Waals surface area contributed by atoms with Crippen LogP contribution in [0.5, 0.6) is 0 Å². The van der Waals surface area contributed by atoms with Crippen LogP contribution in [0.1, 0.15) is 24.1 Å². The first kappa shape index (κ1) is 21.0. The van der Waals surface area contributed by atoms with E-state index < -0.39 is 23.6 Å². The lowest BCUT2D eigenvalue weighted by Crippen LogP contribution is -2.45. The lowest BCUT2D eigenvalue weighted by atomic mass is 9.94. The van der Waals surface area contributed by atoms with Gasteiger partial charge in [0, 0.05) is 11.6 Å². The van der Waals surface area contributed by atoms with E-state index in [9.17, 15) is 26.3 Å². The monoisotopic (exact) mass is 455 g/mol. The summed E-state index contributed by atoms with van der Waals surface area (Å²) in [6.07, 6.45) is -7.45. The third kappa shape index (κ3) is 3.58. The van der Waals surface area contributed by atoms with E-state index in [0.29, 0.717) is 16.4 Å². The van der Waals surface area contributed by atoms with Crippen molar-refractivity contribution in [2.75, 3.05) is 18.4 Å². The van der Waals surface area contributed by atoms with Crippen LogP contribution in [0.2, 0.25) is 0 Å². The van der Waals surface area contributed by atoms with Gasteiger partial charge in [-0.3, -0.25) is 0 Å². The normalized spacial score (nSPS) is 23.6. The SMILES string of the molecule is FC(F)(F)c1ccccc1-c1ccc(C(F)(F)F)n2nc(NC3[C@@H]4CC[C@H]3CNC4)nc12. The fourth-order valence-electron chi connectivity index (χ4n) is 4.88. The van der Waals surface area contributed by atoms with E-state index in [1.54, 1.807) is 0 Å². The van der Waals surface area contributed by atoms with Crippen LogP contribution in [0.4, 0.5) is 32.3 Å². The van der Waals surface area contributed by atoms with Gasteiger partial charge in [0.1, 0.15) is 5.69 Å². The first-order chi connectivity index (χ1) is 15.1. The third-order valence-corrected chi connectivity index (χ3v) is 6.33. The standard InChI is InChI=1S/C21H19F6N5/c22-20(23,24)15-4-2-1-3-13(15)14-7-8-16(21(25,26)27)32-18(14)30-19(31-32)29-17-11-5-6-12(17)10-28-9-11/h1-4,7-8,11-12,17,28H,5-6,9-10H2,(H,29,31)/t11-,12+,17?. The number of aromatic nitrogens is 3. The van der Waals surface area contributed by atoms with Crippen molar-refractivity contribution >= 4 is 11.6 Å². The Balaban J connectivity index is 1.65. The molecule has 11 heteroatoms. The minimum absolute atomic E-state index is 0.00825. The van der Waals surface area contributed by atoms with E-state index >= 15 is 0 Å². The van der Waals surface area contributed by atoms with Crippen LogP contribution in [0.25, 0.3) is 16.8 Å². The Morgan fingerprint density at radius 3 is 2.22 bits per heavy atom. The number of hydrogen-bond acceptors (Lipinski definition) is 4. The molecule has 170 valence electrons. The molecule has 1 aromatic carbocycles. The van der Waals surface area contributed by atoms with Gasteiger partial charge in [-0.05, 0) is 61.5 Å². The topological polar surface area (TPSA) is 54.2 Å². The Morgan fingerprint density at radius 2 is 1.56 bits per heavy atom. The van der Waals surface area contributed by atoms with Crippen molar-refractivity contribution in [2.45, 2.75) is 31.2 Å². The van der Waals surface area contributed by atoms with Crippen molar-refractivity contribution in [1.29, 1.82) is 0 Å². The number of anilines is 1. The van der Waals surface area contributed by atoms with E-state index in [4.69, 9.17) is 0 Å². The molecule has 1 saturated heterocycles. The van der Waals surface area contributed by atoms with Crippen molar-refractivity contribution in [1.82, 2.24) is 19.9 Å². The van der Waals surface area contributed by atoms with Gasteiger partial charge >= 0.3 is 12.4 Å². The maximum atomic E-state index is 13.6. The highest BCUT2D eigenvalue weighted by atomic mass is 19.4. The molecule has 0 spiro atoms. The molecular weight excluding hydrogens is 436 g/mol. The van der Waals surface area contributed by atoms with Gasteiger partial charge in [0.2, 0.25) is 5.95 Å². The lowest BCUT2D eigenvalue weighted by molar-refractivity contribution is -0.142. The highest BCUT2D eigenvalue weighted by molar-refractivity contribution is 5.80. The number of alkyl halides is 6. The molecule has 3 heterocycles. The molecule has 3 aromatic rings. The summed E-state index contributed by atoms with van der Waals surface area (Å²) in [7, 11) is 0. The van der Waals surface area contributed by atoms with Gasteiger partial charge in [-0.2, -0.15) is 31.3 Å². The Bertz CT molecular complexity index is 1140. The minimum atomic E-state index is -4.75. The molecule has 2 aromatic heterocycles. The van der Waals surface area contributed by atoms with Crippen LogP contribution in [0.3, 0.4) is 0 Å². The second-order valence-electron chi connectivity index (χ2n) is 8.27. The molecule has 1 aliphatic heterocycles. The number of benzene rings is 1. The predicted octanol–water partition coefficient (Wildman–Crippen LogP) is 4.84. The van der Waals surface area contributed by atoms with Crippen LogP contribution in [-0.2, 0) is 12.4 Å². The fraction of sp³-hybridized carbons (Fsp3) is 0.429. The zero-order chi connectivity index (χ0) is 22.7. The van der Waals surface area contributed by atoms with Gasteiger partial charge in [-0.1, -0.05) is 18.2 Å². The number of pyridine rings is 1. The lowest BCUT2D eigenvalue weighted by Gasteiger charge is -2.30. The summed E-state index contributed by atoms with van der Waals surface area (Å²) in [4.78, 5) is 4.23. The fourth-order valence-corrected chi connectivity index (χ4v) is 4.88. The van der Waals surface area contributed by atoms with Crippen molar-refractivity contribution in [3.05, 3.63) is 47.7 Å². The van der Waals surface area contributed by atoms with Crippen LogP contribution >= 0.6 is 0 Å². The molecule has 32 heavy (non-hydrogen) atoms. The van der Waals surface area contributed by atoms with Crippen LogP contribution in [-0.4, -0.2) is 33.7 Å². The summed E-state index contributed by atoms with van der Waals surface area (Å²) in [5.74, 6) is 0.581.